The summed E-state index contributed by atoms with van der Waals surface area (Å²) >= 11 is 4.62. The fraction of sp³-hybridized carbons (Fsp3) is 0.278. The Morgan fingerprint density at radius 3 is 2.81 bits per heavy atom. The van der Waals surface area contributed by atoms with Crippen molar-refractivity contribution in [1.29, 1.82) is 0 Å². The van der Waals surface area contributed by atoms with Crippen molar-refractivity contribution in [3.8, 4) is 9.88 Å². The lowest BCUT2D eigenvalue weighted by molar-refractivity contribution is -0.135. The molecular formula is C18H16N2O3S3. The van der Waals surface area contributed by atoms with Crippen molar-refractivity contribution in [3.05, 3.63) is 51.0 Å². The Hall–Kier alpha value is -2.03. The van der Waals surface area contributed by atoms with E-state index < -0.39 is 5.97 Å². The lowest BCUT2D eigenvalue weighted by atomic mass is 10.2. The van der Waals surface area contributed by atoms with Gasteiger partial charge in [-0.15, -0.1) is 34.0 Å². The Morgan fingerprint density at radius 2 is 2.04 bits per heavy atom. The van der Waals surface area contributed by atoms with Gasteiger partial charge in [0, 0.05) is 16.8 Å². The van der Waals surface area contributed by atoms with Crippen LogP contribution in [0.5, 0.6) is 0 Å². The first kappa shape index (κ1) is 17.4. The first-order valence-electron chi connectivity index (χ1n) is 8.22. The van der Waals surface area contributed by atoms with Crippen LogP contribution < -0.4 is 0 Å². The second-order valence-corrected chi connectivity index (χ2v) is 8.64. The van der Waals surface area contributed by atoms with Crippen molar-refractivity contribution in [2.45, 2.75) is 18.9 Å². The predicted octanol–water partition coefficient (Wildman–Crippen LogP) is 4.45. The Kier molecular flexibility index (Phi) is 5.14. The van der Waals surface area contributed by atoms with Gasteiger partial charge in [0.15, 0.2) is 12.3 Å². The van der Waals surface area contributed by atoms with Crippen LogP contribution in [-0.4, -0.2) is 34.9 Å². The summed E-state index contributed by atoms with van der Waals surface area (Å²) in [5.74, 6) is -0.702. The Morgan fingerprint density at radius 1 is 1.19 bits per heavy atom. The highest BCUT2D eigenvalue weighted by atomic mass is 32.1. The fourth-order valence-electron chi connectivity index (χ4n) is 3.01. The standard InChI is InChI=1S/C18H16N2O3S3/c21-16(20-7-1-4-13(20)14-5-2-8-24-14)10-23-18(22)12-11-26-17(19-12)15-6-3-9-25-15/h2-3,5-6,8-9,11,13H,1,4,7,10H2. The number of amides is 1. The molecular weight excluding hydrogens is 388 g/mol. The first-order chi connectivity index (χ1) is 12.7. The zero-order chi connectivity index (χ0) is 17.9. The summed E-state index contributed by atoms with van der Waals surface area (Å²) in [6.45, 7) is 0.463. The minimum Gasteiger partial charge on any atom is -0.451 e. The molecule has 1 saturated heterocycles. The maximum Gasteiger partial charge on any atom is 0.358 e. The number of hydrogen-bond donors (Lipinski definition) is 0. The van der Waals surface area contributed by atoms with Gasteiger partial charge in [0.05, 0.1) is 10.9 Å². The maximum absolute atomic E-state index is 12.5. The van der Waals surface area contributed by atoms with Gasteiger partial charge in [-0.3, -0.25) is 4.79 Å². The van der Waals surface area contributed by atoms with Crippen LogP contribution in [0.1, 0.15) is 34.2 Å². The lowest BCUT2D eigenvalue weighted by Crippen LogP contribution is -2.34. The van der Waals surface area contributed by atoms with Gasteiger partial charge in [0.2, 0.25) is 0 Å². The van der Waals surface area contributed by atoms with Crippen LogP contribution in [0, 0.1) is 0 Å². The molecule has 8 heteroatoms. The van der Waals surface area contributed by atoms with E-state index in [0.29, 0.717) is 6.54 Å². The van der Waals surface area contributed by atoms with E-state index in [2.05, 4.69) is 4.98 Å². The van der Waals surface area contributed by atoms with E-state index in [4.69, 9.17) is 4.74 Å². The highest BCUT2D eigenvalue weighted by molar-refractivity contribution is 7.20. The monoisotopic (exact) mass is 404 g/mol. The van der Waals surface area contributed by atoms with Gasteiger partial charge in [-0.2, -0.15) is 0 Å². The van der Waals surface area contributed by atoms with Gasteiger partial charge in [-0.05, 0) is 35.7 Å². The molecule has 0 saturated carbocycles. The normalized spacial score (nSPS) is 16.8. The van der Waals surface area contributed by atoms with E-state index in [1.165, 1.54) is 16.2 Å². The van der Waals surface area contributed by atoms with Crippen molar-refractivity contribution < 1.29 is 14.3 Å². The first-order valence-corrected chi connectivity index (χ1v) is 10.9. The number of likely N-dealkylation sites (tertiary alicyclic amines) is 1. The van der Waals surface area contributed by atoms with Crippen LogP contribution in [0.2, 0.25) is 0 Å². The number of rotatable bonds is 5. The summed E-state index contributed by atoms with van der Waals surface area (Å²) < 4.78 is 5.22. The molecule has 0 bridgehead atoms. The molecule has 1 aliphatic rings. The minimum atomic E-state index is -0.552. The molecule has 0 radical (unpaired) electrons. The second kappa shape index (κ2) is 7.69. The molecule has 134 valence electrons. The zero-order valence-corrected chi connectivity index (χ0v) is 16.2. The van der Waals surface area contributed by atoms with Crippen LogP contribution >= 0.6 is 34.0 Å². The van der Waals surface area contributed by atoms with Crippen molar-refractivity contribution >= 4 is 45.9 Å². The topological polar surface area (TPSA) is 59.5 Å². The van der Waals surface area contributed by atoms with E-state index >= 15 is 0 Å². The minimum absolute atomic E-state index is 0.103. The largest absolute Gasteiger partial charge is 0.451 e. The molecule has 1 fully saturated rings. The summed E-state index contributed by atoms with van der Waals surface area (Å²) in [6, 6.07) is 8.05. The lowest BCUT2D eigenvalue weighted by Gasteiger charge is -2.23. The fourth-order valence-corrected chi connectivity index (χ4v) is 5.48. The van der Waals surface area contributed by atoms with Crippen molar-refractivity contribution in [3.63, 3.8) is 0 Å². The molecule has 4 rings (SSSR count). The average molecular weight is 405 g/mol. The van der Waals surface area contributed by atoms with Gasteiger partial charge in [-0.25, -0.2) is 9.78 Å². The third-order valence-electron chi connectivity index (χ3n) is 4.22. The molecule has 1 amide bonds. The smallest absolute Gasteiger partial charge is 0.358 e. The number of thiazole rings is 1. The number of aromatic nitrogens is 1. The zero-order valence-electron chi connectivity index (χ0n) is 13.8. The Balaban J connectivity index is 1.36. The molecule has 1 atom stereocenters. The number of nitrogens with zero attached hydrogens (tertiary/aromatic N) is 2. The molecule has 1 aliphatic heterocycles. The molecule has 4 heterocycles. The van der Waals surface area contributed by atoms with E-state index in [9.17, 15) is 9.59 Å². The molecule has 0 aromatic carbocycles. The number of esters is 1. The molecule has 3 aromatic heterocycles. The number of carbonyl (C=O) groups excluding carboxylic acids is 2. The highest BCUT2D eigenvalue weighted by Crippen LogP contribution is 2.34. The summed E-state index contributed by atoms with van der Waals surface area (Å²) in [5.41, 5.74) is 0.252. The van der Waals surface area contributed by atoms with E-state index in [-0.39, 0.29) is 24.2 Å². The van der Waals surface area contributed by atoms with Crippen LogP contribution in [0.4, 0.5) is 0 Å². The quantitative estimate of drug-likeness (QED) is 0.590. The average Bonchev–Trinajstić information content (AvgIpc) is 3.42. The Bertz CT molecular complexity index is 887. The molecule has 3 aromatic rings. The summed E-state index contributed by atoms with van der Waals surface area (Å²) in [6.07, 6.45) is 1.93. The molecule has 0 spiro atoms. The highest BCUT2D eigenvalue weighted by Gasteiger charge is 2.31. The van der Waals surface area contributed by atoms with Crippen molar-refractivity contribution in [2.75, 3.05) is 13.2 Å². The Labute approximate surface area is 162 Å². The molecule has 5 nitrogen and oxygen atoms in total. The molecule has 1 unspecified atom stereocenters. The van der Waals surface area contributed by atoms with Crippen molar-refractivity contribution in [1.82, 2.24) is 9.88 Å². The van der Waals surface area contributed by atoms with E-state index in [0.717, 1.165) is 22.7 Å². The van der Waals surface area contributed by atoms with E-state index in [1.54, 1.807) is 28.1 Å². The summed E-state index contributed by atoms with van der Waals surface area (Å²) in [5, 5.41) is 6.44. The van der Waals surface area contributed by atoms with Crippen LogP contribution in [0.3, 0.4) is 0 Å². The molecule has 26 heavy (non-hydrogen) atoms. The van der Waals surface area contributed by atoms with Gasteiger partial charge in [-0.1, -0.05) is 12.1 Å². The number of hydrogen-bond acceptors (Lipinski definition) is 7. The maximum atomic E-state index is 12.5. The van der Waals surface area contributed by atoms with Gasteiger partial charge in [0.1, 0.15) is 5.01 Å². The van der Waals surface area contributed by atoms with Gasteiger partial charge >= 0.3 is 5.97 Å². The molecule has 0 aliphatic carbocycles. The number of thiophene rings is 2. The number of ether oxygens (including phenoxy) is 1. The second-order valence-electron chi connectivity index (χ2n) is 5.85. The van der Waals surface area contributed by atoms with Crippen LogP contribution in [-0.2, 0) is 9.53 Å². The van der Waals surface area contributed by atoms with Crippen LogP contribution in [0.25, 0.3) is 9.88 Å². The van der Waals surface area contributed by atoms with Gasteiger partial charge < -0.3 is 9.64 Å². The third-order valence-corrected chi connectivity index (χ3v) is 7.07. The van der Waals surface area contributed by atoms with Gasteiger partial charge in [0.25, 0.3) is 5.91 Å². The predicted molar refractivity (Wildman–Crippen MR) is 104 cm³/mol. The summed E-state index contributed by atoms with van der Waals surface area (Å²) in [7, 11) is 0. The molecule has 0 N–H and O–H groups in total. The van der Waals surface area contributed by atoms with Crippen molar-refractivity contribution in [2.24, 2.45) is 0 Å². The SMILES string of the molecule is O=C(OCC(=O)N1CCCC1c1cccs1)c1csc(-c2cccs2)n1. The number of carbonyl (C=O) groups is 2. The van der Waals surface area contributed by atoms with E-state index in [1.807, 2.05) is 39.9 Å². The van der Waals surface area contributed by atoms with Crippen LogP contribution in [0.15, 0.2) is 40.4 Å². The third kappa shape index (κ3) is 3.58. The summed E-state index contributed by atoms with van der Waals surface area (Å²) in [4.78, 5) is 33.1.